The molecule has 1 amide bonds. The van der Waals surface area contributed by atoms with Crippen LogP contribution in [0.2, 0.25) is 0 Å². The van der Waals surface area contributed by atoms with Crippen molar-refractivity contribution in [1.29, 1.82) is 0 Å². The Balaban J connectivity index is 1.76. The Morgan fingerprint density at radius 1 is 0.741 bits per heavy atom. The van der Waals surface area contributed by atoms with Crippen molar-refractivity contribution >= 4 is 11.7 Å². The summed E-state index contributed by atoms with van der Waals surface area (Å²) in [5, 5.41) is 8.43. The first kappa shape index (κ1) is 20.8. The molecule has 0 spiro atoms. The van der Waals surface area contributed by atoms with Gasteiger partial charge in [0.2, 0.25) is 5.91 Å². The molecule has 2 N–H and O–H groups in total. The maximum absolute atomic E-state index is 12.3. The second-order valence-electron chi connectivity index (χ2n) is 6.90. The monoisotopic (exact) mass is 367 g/mol. The zero-order valence-corrected chi connectivity index (χ0v) is 15.8. The van der Waals surface area contributed by atoms with E-state index in [4.69, 9.17) is 5.21 Å². The molecule has 2 rings (SSSR count). The fourth-order valence-electron chi connectivity index (χ4n) is 3.34. The van der Waals surface area contributed by atoms with Crippen molar-refractivity contribution in [1.82, 2.24) is 5.48 Å². The molecule has 144 valence electrons. The Hall–Kier alpha value is -2.46. The number of unbranched alkanes of at least 4 members (excludes halogenated alkanes) is 3. The number of rotatable bonds is 12. The lowest BCUT2D eigenvalue weighted by Gasteiger charge is -2.17. The molecule has 0 unspecified atom stereocenters. The van der Waals surface area contributed by atoms with Crippen molar-refractivity contribution in [3.8, 4) is 0 Å². The highest BCUT2D eigenvalue weighted by Crippen LogP contribution is 2.29. The van der Waals surface area contributed by atoms with E-state index in [1.807, 2.05) is 36.4 Å². The second kappa shape index (κ2) is 12.0. The fraction of sp³-hybridized carbons (Fsp3) is 0.391. The highest BCUT2D eigenvalue weighted by molar-refractivity contribution is 5.78. The summed E-state index contributed by atoms with van der Waals surface area (Å²) in [5.74, 6) is 0.201. The molecule has 4 nitrogen and oxygen atoms in total. The van der Waals surface area contributed by atoms with Gasteiger partial charge in [-0.25, -0.2) is 5.48 Å². The third kappa shape index (κ3) is 7.75. The number of Topliss-reactive ketones (excluding diaryl/α,β-unsaturated/α-hetero) is 1. The van der Waals surface area contributed by atoms with Crippen LogP contribution in [0, 0.1) is 0 Å². The number of hydroxylamine groups is 1. The van der Waals surface area contributed by atoms with Gasteiger partial charge in [0.15, 0.2) is 0 Å². The van der Waals surface area contributed by atoms with Crippen LogP contribution in [0.15, 0.2) is 60.7 Å². The number of hydrogen-bond acceptors (Lipinski definition) is 3. The summed E-state index contributed by atoms with van der Waals surface area (Å²) in [6, 6.07) is 20.7. The smallest absolute Gasteiger partial charge is 0.243 e. The minimum atomic E-state index is -0.348. The first-order chi connectivity index (χ1) is 13.2. The van der Waals surface area contributed by atoms with E-state index in [2.05, 4.69) is 24.3 Å². The summed E-state index contributed by atoms with van der Waals surface area (Å²) in [5.41, 5.74) is 4.13. The van der Waals surface area contributed by atoms with Gasteiger partial charge in [0.1, 0.15) is 5.78 Å². The van der Waals surface area contributed by atoms with Crippen LogP contribution >= 0.6 is 0 Å². The Morgan fingerprint density at radius 2 is 1.26 bits per heavy atom. The van der Waals surface area contributed by atoms with Crippen LogP contribution in [0.1, 0.15) is 68.4 Å². The van der Waals surface area contributed by atoms with Crippen molar-refractivity contribution in [2.24, 2.45) is 0 Å². The number of amides is 1. The third-order valence-corrected chi connectivity index (χ3v) is 4.85. The quantitative estimate of drug-likeness (QED) is 0.315. The predicted octanol–water partition coefficient (Wildman–Crippen LogP) is 5.01. The molecule has 0 aromatic heterocycles. The first-order valence-corrected chi connectivity index (χ1v) is 9.75. The van der Waals surface area contributed by atoms with Crippen LogP contribution in [0.4, 0.5) is 0 Å². The predicted molar refractivity (Wildman–Crippen MR) is 107 cm³/mol. The van der Waals surface area contributed by atoms with Crippen molar-refractivity contribution in [2.75, 3.05) is 0 Å². The lowest BCUT2D eigenvalue weighted by Crippen LogP contribution is -2.17. The number of benzene rings is 2. The molecule has 0 saturated carbocycles. The first-order valence-electron chi connectivity index (χ1n) is 9.75. The molecule has 27 heavy (non-hydrogen) atoms. The molecule has 0 saturated heterocycles. The Morgan fingerprint density at radius 3 is 1.78 bits per heavy atom. The van der Waals surface area contributed by atoms with Crippen LogP contribution in [0.25, 0.3) is 0 Å². The lowest BCUT2D eigenvalue weighted by molar-refractivity contribution is -0.129. The van der Waals surface area contributed by atoms with Gasteiger partial charge in [-0.05, 0) is 30.4 Å². The number of hydrogen-bond donors (Lipinski definition) is 2. The van der Waals surface area contributed by atoms with Crippen molar-refractivity contribution in [2.45, 2.75) is 57.3 Å². The summed E-state index contributed by atoms with van der Waals surface area (Å²) in [6.07, 6.45) is 5.78. The van der Waals surface area contributed by atoms with Crippen LogP contribution in [-0.4, -0.2) is 16.9 Å². The molecule has 0 atom stereocenters. The maximum Gasteiger partial charge on any atom is 0.243 e. The highest BCUT2D eigenvalue weighted by Gasteiger charge is 2.15. The zero-order chi connectivity index (χ0) is 19.3. The largest absolute Gasteiger partial charge is 0.300 e. The van der Waals surface area contributed by atoms with Crippen LogP contribution < -0.4 is 5.48 Å². The molecular formula is C23H29NO3. The minimum Gasteiger partial charge on any atom is -0.300 e. The third-order valence-electron chi connectivity index (χ3n) is 4.85. The van der Waals surface area contributed by atoms with Crippen molar-refractivity contribution in [3.63, 3.8) is 0 Å². The Labute approximate surface area is 161 Å². The van der Waals surface area contributed by atoms with Gasteiger partial charge < -0.3 is 0 Å². The molecule has 0 radical (unpaired) electrons. The molecule has 4 heteroatoms. The normalized spacial score (nSPS) is 10.7. The molecule has 2 aromatic rings. The number of ketones is 1. The fourth-order valence-corrected chi connectivity index (χ4v) is 3.34. The molecule has 0 aliphatic carbocycles. The van der Waals surface area contributed by atoms with E-state index in [9.17, 15) is 9.59 Å². The summed E-state index contributed by atoms with van der Waals surface area (Å²) >= 11 is 0. The number of carbonyl (C=O) groups is 2. The van der Waals surface area contributed by atoms with Gasteiger partial charge in [0.25, 0.3) is 0 Å². The van der Waals surface area contributed by atoms with E-state index in [1.54, 1.807) is 5.48 Å². The van der Waals surface area contributed by atoms with Crippen molar-refractivity contribution in [3.05, 3.63) is 71.8 Å². The van der Waals surface area contributed by atoms with Gasteiger partial charge in [-0.1, -0.05) is 73.5 Å². The summed E-state index contributed by atoms with van der Waals surface area (Å²) < 4.78 is 0. The highest BCUT2D eigenvalue weighted by atomic mass is 16.5. The minimum absolute atomic E-state index is 0.244. The van der Waals surface area contributed by atoms with E-state index in [1.165, 1.54) is 11.1 Å². The van der Waals surface area contributed by atoms with Gasteiger partial charge in [-0.2, -0.15) is 0 Å². The van der Waals surface area contributed by atoms with Gasteiger partial charge in [0, 0.05) is 25.2 Å². The molecular weight excluding hydrogens is 338 g/mol. The van der Waals surface area contributed by atoms with Gasteiger partial charge in [-0.3, -0.25) is 14.8 Å². The van der Waals surface area contributed by atoms with E-state index >= 15 is 0 Å². The summed E-state index contributed by atoms with van der Waals surface area (Å²) in [6.45, 7) is 0. The summed E-state index contributed by atoms with van der Waals surface area (Å²) in [4.78, 5) is 23.2. The number of carbonyl (C=O) groups excluding carboxylic acids is 2. The van der Waals surface area contributed by atoms with Crippen LogP contribution in [0.5, 0.6) is 0 Å². The summed E-state index contributed by atoms with van der Waals surface area (Å²) in [7, 11) is 0. The van der Waals surface area contributed by atoms with Crippen molar-refractivity contribution < 1.29 is 14.8 Å². The zero-order valence-electron chi connectivity index (χ0n) is 15.8. The molecule has 2 aromatic carbocycles. The molecule has 0 fully saturated rings. The van der Waals surface area contributed by atoms with E-state index in [-0.39, 0.29) is 11.8 Å². The van der Waals surface area contributed by atoms with Gasteiger partial charge in [-0.15, -0.1) is 0 Å². The van der Waals surface area contributed by atoms with E-state index in [0.29, 0.717) is 25.0 Å². The number of nitrogens with one attached hydrogen (secondary N) is 1. The van der Waals surface area contributed by atoms with Gasteiger partial charge in [0.05, 0.1) is 0 Å². The van der Waals surface area contributed by atoms with Gasteiger partial charge >= 0.3 is 0 Å². The van der Waals surface area contributed by atoms with Crippen LogP contribution in [-0.2, 0) is 9.59 Å². The topological polar surface area (TPSA) is 66.4 Å². The maximum atomic E-state index is 12.3. The Bertz CT molecular complexity index is 646. The van der Waals surface area contributed by atoms with E-state index in [0.717, 1.165) is 32.1 Å². The second-order valence-corrected chi connectivity index (χ2v) is 6.90. The molecule has 0 aliphatic heterocycles. The SMILES string of the molecule is O=C(CCCCCCC(=O)NO)CCC(c1ccccc1)c1ccccc1. The lowest BCUT2D eigenvalue weighted by atomic mass is 9.86. The average Bonchev–Trinajstić information content (AvgIpc) is 2.72. The van der Waals surface area contributed by atoms with Crippen LogP contribution in [0.3, 0.4) is 0 Å². The molecule has 0 aliphatic rings. The Kier molecular flexibility index (Phi) is 9.28. The molecule has 0 heterocycles. The van der Waals surface area contributed by atoms with E-state index < -0.39 is 0 Å². The molecule has 0 bridgehead atoms. The average molecular weight is 367 g/mol. The standard InChI is InChI=1S/C23H29NO3/c25-21(15-9-1-2-10-16-23(26)24-27)17-18-22(19-11-5-3-6-12-19)20-13-7-4-8-14-20/h3-8,11-14,22,27H,1-2,9-10,15-18H2,(H,24,26).